The first-order valence-corrected chi connectivity index (χ1v) is 12.8. The predicted molar refractivity (Wildman–Crippen MR) is 147 cm³/mol. The molecule has 0 saturated carbocycles. The Bertz CT molecular complexity index is 1420. The van der Waals surface area contributed by atoms with E-state index in [1.165, 1.54) is 5.56 Å². The number of likely N-dealkylation sites (tertiary alicyclic amines) is 1. The zero-order valence-electron chi connectivity index (χ0n) is 21.9. The number of methoxy groups -OCH3 is 1. The van der Waals surface area contributed by atoms with Crippen molar-refractivity contribution < 1.29 is 18.7 Å². The van der Waals surface area contributed by atoms with Gasteiger partial charge in [-0.05, 0) is 81.0 Å². The van der Waals surface area contributed by atoms with Crippen LogP contribution in [0, 0.1) is 5.92 Å². The molecular formula is C30H32N4O4. The monoisotopic (exact) mass is 512 g/mol. The number of nitrogens with one attached hydrogen (secondary N) is 1. The second-order valence-electron chi connectivity index (χ2n) is 9.92. The largest absolute Gasteiger partial charge is 0.497 e. The fraction of sp³-hybridized carbons (Fsp3) is 0.300. The van der Waals surface area contributed by atoms with Crippen molar-refractivity contribution in [2.45, 2.75) is 19.4 Å². The van der Waals surface area contributed by atoms with Crippen LogP contribution in [0.3, 0.4) is 0 Å². The summed E-state index contributed by atoms with van der Waals surface area (Å²) in [5.41, 5.74) is 4.68. The first-order chi connectivity index (χ1) is 18.4. The average Bonchev–Trinajstić information content (AvgIpc) is 3.36. The van der Waals surface area contributed by atoms with E-state index >= 15 is 0 Å². The molecule has 0 bridgehead atoms. The Labute approximate surface area is 222 Å². The highest BCUT2D eigenvalue weighted by Crippen LogP contribution is 2.28. The lowest BCUT2D eigenvalue weighted by Crippen LogP contribution is -2.41. The van der Waals surface area contributed by atoms with E-state index in [9.17, 15) is 9.59 Å². The van der Waals surface area contributed by atoms with Gasteiger partial charge in [-0.3, -0.25) is 9.59 Å². The third-order valence-electron chi connectivity index (χ3n) is 6.85. The highest BCUT2D eigenvalue weighted by atomic mass is 16.5. The smallest absolute Gasteiger partial charge is 0.253 e. The first kappa shape index (κ1) is 25.5. The van der Waals surface area contributed by atoms with E-state index in [1.54, 1.807) is 13.2 Å². The van der Waals surface area contributed by atoms with Crippen LogP contribution < -0.4 is 10.1 Å². The highest BCUT2D eigenvalue weighted by Gasteiger charge is 2.28. The van der Waals surface area contributed by atoms with Crippen molar-refractivity contribution >= 4 is 28.6 Å². The van der Waals surface area contributed by atoms with E-state index in [2.05, 4.69) is 15.2 Å². The lowest BCUT2D eigenvalue weighted by atomic mass is 9.95. The highest BCUT2D eigenvalue weighted by molar-refractivity contribution is 5.96. The van der Waals surface area contributed by atoms with Gasteiger partial charge in [0.05, 0.1) is 7.11 Å². The topological polar surface area (TPSA) is 87.9 Å². The Kier molecular flexibility index (Phi) is 7.42. The maximum atomic E-state index is 13.0. The summed E-state index contributed by atoms with van der Waals surface area (Å²) in [5.74, 6) is 1.10. The second-order valence-corrected chi connectivity index (χ2v) is 9.92. The number of piperidine rings is 1. The molecule has 1 aromatic heterocycles. The third-order valence-corrected chi connectivity index (χ3v) is 6.85. The van der Waals surface area contributed by atoms with Gasteiger partial charge in [0, 0.05) is 48.4 Å². The fourth-order valence-corrected chi connectivity index (χ4v) is 4.75. The van der Waals surface area contributed by atoms with Crippen LogP contribution in [-0.2, 0) is 11.3 Å². The number of anilines is 1. The number of carbonyl (C=O) groups excluding carboxylic acids is 2. The second kappa shape index (κ2) is 11.1. The molecular weight excluding hydrogens is 480 g/mol. The van der Waals surface area contributed by atoms with Gasteiger partial charge in [-0.15, -0.1) is 0 Å². The molecule has 0 radical (unpaired) electrons. The van der Waals surface area contributed by atoms with Crippen LogP contribution in [0.5, 0.6) is 5.75 Å². The van der Waals surface area contributed by atoms with Crippen molar-refractivity contribution in [1.82, 2.24) is 14.8 Å². The van der Waals surface area contributed by atoms with Gasteiger partial charge in [0.15, 0.2) is 5.58 Å². The quantitative estimate of drug-likeness (QED) is 0.373. The van der Waals surface area contributed by atoms with E-state index in [0.717, 1.165) is 23.4 Å². The number of nitrogens with zero attached hydrogens (tertiary/aromatic N) is 3. The van der Waals surface area contributed by atoms with Gasteiger partial charge in [0.1, 0.15) is 11.3 Å². The van der Waals surface area contributed by atoms with E-state index < -0.39 is 0 Å². The Morgan fingerprint density at radius 1 is 1.03 bits per heavy atom. The predicted octanol–water partition coefficient (Wildman–Crippen LogP) is 5.06. The molecule has 8 nitrogen and oxygen atoms in total. The van der Waals surface area contributed by atoms with Crippen molar-refractivity contribution in [3.05, 3.63) is 77.9 Å². The summed E-state index contributed by atoms with van der Waals surface area (Å²) in [7, 11) is 5.66. The normalized spacial score (nSPS) is 14.2. The molecule has 2 amide bonds. The molecule has 1 aliphatic heterocycles. The van der Waals surface area contributed by atoms with E-state index in [4.69, 9.17) is 9.15 Å². The summed E-state index contributed by atoms with van der Waals surface area (Å²) >= 11 is 0. The number of carbonyl (C=O) groups is 2. The number of hydrogen-bond acceptors (Lipinski definition) is 6. The molecule has 0 atom stereocenters. The number of benzene rings is 3. The molecule has 4 aromatic rings. The van der Waals surface area contributed by atoms with Crippen molar-refractivity contribution in [1.29, 1.82) is 0 Å². The standard InChI is InChI=1S/C30H32N4O4/c1-33(2)19-20-4-6-23(7-5-20)30(36)34-16-14-21(15-17-34)28(35)31-24-10-13-26-27(18-24)38-29(32-26)22-8-11-25(37-3)12-9-22/h4-13,18,21H,14-17,19H2,1-3H3,(H,31,35). The minimum atomic E-state index is -0.151. The van der Waals surface area contributed by atoms with Crippen LogP contribution in [-0.4, -0.2) is 60.9 Å². The first-order valence-electron chi connectivity index (χ1n) is 12.8. The molecule has 1 N–H and O–H groups in total. The number of rotatable bonds is 7. The van der Waals surface area contributed by atoms with Crippen LogP contribution in [0.15, 0.2) is 71.1 Å². The minimum absolute atomic E-state index is 0.0173. The number of amides is 2. The third kappa shape index (κ3) is 5.70. The Hall–Kier alpha value is -4.17. The van der Waals surface area contributed by atoms with Gasteiger partial charge in [-0.2, -0.15) is 0 Å². The zero-order valence-corrected chi connectivity index (χ0v) is 21.9. The van der Waals surface area contributed by atoms with E-state index in [1.807, 2.05) is 79.7 Å². The Morgan fingerprint density at radius 3 is 2.39 bits per heavy atom. The average molecular weight is 513 g/mol. The summed E-state index contributed by atoms with van der Waals surface area (Å²) in [4.78, 5) is 34.4. The molecule has 3 aromatic carbocycles. The molecule has 0 aliphatic carbocycles. The Balaban J connectivity index is 1.17. The number of fused-ring (bicyclic) bond motifs is 1. The van der Waals surface area contributed by atoms with Crippen LogP contribution in [0.4, 0.5) is 5.69 Å². The van der Waals surface area contributed by atoms with Crippen molar-refractivity contribution in [2.75, 3.05) is 39.6 Å². The molecule has 196 valence electrons. The number of hydrogen-bond donors (Lipinski definition) is 1. The van der Waals surface area contributed by atoms with Gasteiger partial charge in [-0.1, -0.05) is 12.1 Å². The van der Waals surface area contributed by atoms with Crippen LogP contribution in [0.1, 0.15) is 28.8 Å². The van der Waals surface area contributed by atoms with Gasteiger partial charge >= 0.3 is 0 Å². The zero-order chi connectivity index (χ0) is 26.6. The van der Waals surface area contributed by atoms with Crippen LogP contribution >= 0.6 is 0 Å². The summed E-state index contributed by atoms with van der Waals surface area (Å²) in [6, 6.07) is 20.7. The summed E-state index contributed by atoms with van der Waals surface area (Å²) in [5, 5.41) is 3.01. The number of ether oxygens (including phenoxy) is 1. The molecule has 0 unspecified atom stereocenters. The molecule has 5 rings (SSSR count). The minimum Gasteiger partial charge on any atom is -0.497 e. The molecule has 1 saturated heterocycles. The van der Waals surface area contributed by atoms with Gasteiger partial charge in [0.2, 0.25) is 11.8 Å². The van der Waals surface area contributed by atoms with Crippen molar-refractivity contribution in [2.24, 2.45) is 5.92 Å². The summed E-state index contributed by atoms with van der Waals surface area (Å²) in [6.07, 6.45) is 1.25. The van der Waals surface area contributed by atoms with Crippen molar-refractivity contribution in [3.63, 3.8) is 0 Å². The fourth-order valence-electron chi connectivity index (χ4n) is 4.75. The SMILES string of the molecule is COc1ccc(-c2nc3ccc(NC(=O)C4CCN(C(=O)c5ccc(CN(C)C)cc5)CC4)cc3o2)cc1. The van der Waals surface area contributed by atoms with Gasteiger partial charge in [0.25, 0.3) is 5.91 Å². The van der Waals surface area contributed by atoms with Gasteiger partial charge in [-0.25, -0.2) is 4.98 Å². The van der Waals surface area contributed by atoms with E-state index in [-0.39, 0.29) is 17.7 Å². The molecule has 2 heterocycles. The van der Waals surface area contributed by atoms with Crippen molar-refractivity contribution in [3.8, 4) is 17.2 Å². The van der Waals surface area contributed by atoms with E-state index in [0.29, 0.717) is 48.7 Å². The molecule has 8 heteroatoms. The molecule has 0 spiro atoms. The molecule has 1 aliphatic rings. The maximum Gasteiger partial charge on any atom is 0.253 e. The maximum absolute atomic E-state index is 13.0. The van der Waals surface area contributed by atoms with Crippen LogP contribution in [0.25, 0.3) is 22.6 Å². The summed E-state index contributed by atoms with van der Waals surface area (Å²) < 4.78 is 11.2. The molecule has 1 fully saturated rings. The van der Waals surface area contributed by atoms with Gasteiger partial charge < -0.3 is 24.3 Å². The molecule has 38 heavy (non-hydrogen) atoms. The Morgan fingerprint density at radius 2 is 1.74 bits per heavy atom. The number of aromatic nitrogens is 1. The summed E-state index contributed by atoms with van der Waals surface area (Å²) in [6.45, 7) is 1.95. The van der Waals surface area contributed by atoms with Crippen LogP contribution in [0.2, 0.25) is 0 Å². The number of oxazole rings is 1. The lowest BCUT2D eigenvalue weighted by molar-refractivity contribution is -0.121. The lowest BCUT2D eigenvalue weighted by Gasteiger charge is -2.31.